The molecule has 4 nitrogen and oxygen atoms in total. The third kappa shape index (κ3) is 11.9. The Bertz CT molecular complexity index is 123. The summed E-state index contributed by atoms with van der Waals surface area (Å²) in [5, 5.41) is 0. The molecule has 0 unspecified atom stereocenters. The maximum atomic E-state index is 10.6. The zero-order valence-corrected chi connectivity index (χ0v) is 7.87. The van der Waals surface area contributed by atoms with Crippen LogP contribution in [0.15, 0.2) is 12.2 Å². The van der Waals surface area contributed by atoms with Crippen LogP contribution in [0.2, 0.25) is 0 Å². The number of allylic oxidation sites excluding steroid dienone is 1. The van der Waals surface area contributed by atoms with E-state index in [1.807, 2.05) is 0 Å². The summed E-state index contributed by atoms with van der Waals surface area (Å²) in [6, 6.07) is 0. The zero-order valence-electron chi connectivity index (χ0n) is 7.87. The molecule has 4 heteroatoms. The van der Waals surface area contributed by atoms with Crippen molar-refractivity contribution in [2.45, 2.75) is 6.92 Å². The Labute approximate surface area is 73.3 Å². The molecule has 0 saturated heterocycles. The third-order valence-electron chi connectivity index (χ3n) is 0.835. The molecule has 0 atom stereocenters. The van der Waals surface area contributed by atoms with Crippen LogP contribution in [-0.4, -0.2) is 33.3 Å². The van der Waals surface area contributed by atoms with E-state index in [4.69, 9.17) is 0 Å². The van der Waals surface area contributed by atoms with Crippen molar-refractivity contribution in [3.8, 4) is 0 Å². The molecule has 0 saturated carbocycles. The van der Waals surface area contributed by atoms with Gasteiger partial charge in [-0.25, -0.2) is 4.79 Å². The summed E-state index contributed by atoms with van der Waals surface area (Å²) >= 11 is 0. The van der Waals surface area contributed by atoms with Crippen LogP contribution in [0.1, 0.15) is 6.92 Å². The quantitative estimate of drug-likeness (QED) is 0.380. The van der Waals surface area contributed by atoms with Crippen molar-refractivity contribution in [3.63, 3.8) is 0 Å². The molecule has 0 aliphatic heterocycles. The first kappa shape index (κ1) is 13.7. The van der Waals surface area contributed by atoms with Gasteiger partial charge in [0.25, 0.3) is 0 Å². The summed E-state index contributed by atoms with van der Waals surface area (Å²) in [7, 11) is 3.06. The zero-order chi connectivity index (χ0) is 9.82. The van der Waals surface area contributed by atoms with E-state index < -0.39 is 0 Å². The molecule has 2 N–H and O–H groups in total. The molecule has 0 aromatic rings. The Morgan fingerprint density at radius 2 is 2.00 bits per heavy atom. The minimum Gasteiger partial charge on any atom is -0.460 e. The number of hydrogen-bond acceptors (Lipinski definition) is 4. The average molecular weight is 175 g/mol. The number of ether oxygens (including phenoxy) is 2. The van der Waals surface area contributed by atoms with E-state index in [2.05, 4.69) is 15.2 Å². The molecule has 0 fully saturated rings. The number of nitrogens with two attached hydrogens (primary N) is 1. The van der Waals surface area contributed by atoms with E-state index in [0.29, 0.717) is 13.2 Å². The van der Waals surface area contributed by atoms with Crippen molar-refractivity contribution < 1.29 is 14.3 Å². The summed E-state index contributed by atoms with van der Waals surface area (Å²) in [6.45, 7) is 2.53. The predicted octanol–water partition coefficient (Wildman–Crippen LogP) is 0.327. The normalized spacial score (nSPS) is 9.00. The fourth-order valence-corrected chi connectivity index (χ4v) is 0.410. The van der Waals surface area contributed by atoms with Gasteiger partial charge in [-0.05, 0) is 14.0 Å². The standard InChI is InChI=1S/C7H12O3.CH5N/c1-3-4-7(8)10-6-5-9-2;1-2/h3-4H,5-6H2,1-2H3;2H2,1H3. The van der Waals surface area contributed by atoms with Crippen LogP contribution in [0.3, 0.4) is 0 Å². The third-order valence-corrected chi connectivity index (χ3v) is 0.835. The molecule has 0 aliphatic carbocycles. The van der Waals surface area contributed by atoms with E-state index >= 15 is 0 Å². The summed E-state index contributed by atoms with van der Waals surface area (Å²) in [6.07, 6.45) is 3.00. The van der Waals surface area contributed by atoms with Crippen LogP contribution >= 0.6 is 0 Å². The summed E-state index contributed by atoms with van der Waals surface area (Å²) < 4.78 is 9.34. The fourth-order valence-electron chi connectivity index (χ4n) is 0.410. The van der Waals surface area contributed by atoms with Crippen molar-refractivity contribution in [2.24, 2.45) is 5.73 Å². The average Bonchev–Trinajstić information content (AvgIpc) is 2.09. The molecule has 0 aliphatic rings. The molecule has 72 valence electrons. The largest absolute Gasteiger partial charge is 0.460 e. The van der Waals surface area contributed by atoms with Gasteiger partial charge in [0.15, 0.2) is 0 Å². The molecule has 0 amide bonds. The first-order chi connectivity index (χ1) is 5.81. The van der Waals surface area contributed by atoms with Crippen LogP contribution in [0.25, 0.3) is 0 Å². The lowest BCUT2D eigenvalue weighted by molar-refractivity contribution is -0.138. The van der Waals surface area contributed by atoms with E-state index in [9.17, 15) is 4.79 Å². The van der Waals surface area contributed by atoms with Gasteiger partial charge in [0.05, 0.1) is 6.61 Å². The number of hydrogen-bond donors (Lipinski definition) is 1. The summed E-state index contributed by atoms with van der Waals surface area (Å²) in [4.78, 5) is 10.6. The van der Waals surface area contributed by atoms with E-state index in [1.165, 1.54) is 13.1 Å². The monoisotopic (exact) mass is 175 g/mol. The van der Waals surface area contributed by atoms with E-state index in [0.717, 1.165) is 0 Å². The van der Waals surface area contributed by atoms with Crippen molar-refractivity contribution in [2.75, 3.05) is 27.4 Å². The lowest BCUT2D eigenvalue weighted by atomic mass is 10.5. The topological polar surface area (TPSA) is 61.5 Å². The fraction of sp³-hybridized carbons (Fsp3) is 0.625. The van der Waals surface area contributed by atoms with Crippen molar-refractivity contribution in [1.82, 2.24) is 0 Å². The van der Waals surface area contributed by atoms with Gasteiger partial charge < -0.3 is 15.2 Å². The van der Waals surface area contributed by atoms with Crippen LogP contribution < -0.4 is 5.73 Å². The molecule has 0 spiro atoms. The molecular weight excluding hydrogens is 158 g/mol. The first-order valence-corrected chi connectivity index (χ1v) is 3.67. The van der Waals surface area contributed by atoms with Gasteiger partial charge in [0.2, 0.25) is 0 Å². The highest BCUT2D eigenvalue weighted by Gasteiger charge is 1.92. The number of methoxy groups -OCH3 is 1. The van der Waals surface area contributed by atoms with Crippen LogP contribution in [0.4, 0.5) is 0 Å². The Hall–Kier alpha value is -0.870. The number of carbonyl (C=O) groups is 1. The Balaban J connectivity index is 0. The minimum atomic E-state index is -0.320. The SMILES string of the molecule is CC=CC(=O)OCCOC.CN. The second-order valence-electron chi connectivity index (χ2n) is 1.66. The summed E-state index contributed by atoms with van der Waals surface area (Å²) in [5.74, 6) is -0.320. The Morgan fingerprint density at radius 3 is 2.42 bits per heavy atom. The Kier molecular flexibility index (Phi) is 14.6. The Morgan fingerprint density at radius 1 is 1.42 bits per heavy atom. The molecule has 0 bridgehead atoms. The van der Waals surface area contributed by atoms with Gasteiger partial charge in [-0.1, -0.05) is 6.08 Å². The van der Waals surface area contributed by atoms with E-state index in [1.54, 1.807) is 20.1 Å². The van der Waals surface area contributed by atoms with Gasteiger partial charge in [0.1, 0.15) is 6.61 Å². The molecule has 0 aromatic carbocycles. The summed E-state index contributed by atoms with van der Waals surface area (Å²) in [5.41, 5.74) is 4.50. The predicted molar refractivity (Wildman–Crippen MR) is 47.8 cm³/mol. The number of esters is 1. The van der Waals surface area contributed by atoms with Gasteiger partial charge >= 0.3 is 5.97 Å². The minimum absolute atomic E-state index is 0.319. The number of rotatable bonds is 4. The van der Waals surface area contributed by atoms with Crippen molar-refractivity contribution in [3.05, 3.63) is 12.2 Å². The van der Waals surface area contributed by atoms with Gasteiger partial charge in [-0.2, -0.15) is 0 Å². The highest BCUT2D eigenvalue weighted by molar-refractivity contribution is 5.81. The lowest BCUT2D eigenvalue weighted by Gasteiger charge is -1.98. The second kappa shape index (κ2) is 12.8. The first-order valence-electron chi connectivity index (χ1n) is 3.67. The highest BCUT2D eigenvalue weighted by Crippen LogP contribution is 1.80. The number of carbonyl (C=O) groups excluding carboxylic acids is 1. The smallest absolute Gasteiger partial charge is 0.330 e. The second-order valence-corrected chi connectivity index (χ2v) is 1.66. The van der Waals surface area contributed by atoms with E-state index in [-0.39, 0.29) is 5.97 Å². The van der Waals surface area contributed by atoms with Gasteiger partial charge in [-0.3, -0.25) is 0 Å². The van der Waals surface area contributed by atoms with Crippen molar-refractivity contribution in [1.29, 1.82) is 0 Å². The van der Waals surface area contributed by atoms with Gasteiger partial charge in [-0.15, -0.1) is 0 Å². The van der Waals surface area contributed by atoms with Crippen LogP contribution in [0, 0.1) is 0 Å². The van der Waals surface area contributed by atoms with Crippen molar-refractivity contribution >= 4 is 5.97 Å². The molecule has 0 rings (SSSR count). The lowest BCUT2D eigenvalue weighted by Crippen LogP contribution is -2.06. The molecule has 0 radical (unpaired) electrons. The van der Waals surface area contributed by atoms with Gasteiger partial charge in [0, 0.05) is 13.2 Å². The molecule has 12 heavy (non-hydrogen) atoms. The van der Waals surface area contributed by atoms with Crippen LogP contribution in [-0.2, 0) is 14.3 Å². The molecule has 0 heterocycles. The maximum absolute atomic E-state index is 10.6. The highest BCUT2D eigenvalue weighted by atomic mass is 16.6. The maximum Gasteiger partial charge on any atom is 0.330 e. The molecule has 0 aromatic heterocycles. The molecular formula is C8H17NO3. The van der Waals surface area contributed by atoms with Crippen LogP contribution in [0.5, 0.6) is 0 Å².